The Hall–Kier alpha value is -5.03. The minimum atomic E-state index is -4.45. The van der Waals surface area contributed by atoms with Crippen LogP contribution in [0.3, 0.4) is 0 Å². The molecule has 0 aliphatic carbocycles. The molecule has 0 unspecified atom stereocenters. The Labute approximate surface area is 228 Å². The summed E-state index contributed by atoms with van der Waals surface area (Å²) in [6.45, 7) is 5.25. The summed E-state index contributed by atoms with van der Waals surface area (Å²) in [4.78, 5) is 13.4. The topological polar surface area (TPSA) is 67.4 Å². The van der Waals surface area contributed by atoms with Gasteiger partial charge < -0.3 is 4.57 Å². The average molecular weight is 534 g/mol. The first kappa shape index (κ1) is 25.3. The Morgan fingerprint density at radius 2 is 1.45 bits per heavy atom. The van der Waals surface area contributed by atoms with Crippen LogP contribution in [-0.2, 0) is 6.18 Å². The van der Waals surface area contributed by atoms with Crippen LogP contribution in [0.4, 0.5) is 13.2 Å². The van der Waals surface area contributed by atoms with Crippen molar-refractivity contribution in [3.8, 4) is 34.3 Å². The van der Waals surface area contributed by atoms with E-state index in [2.05, 4.69) is 21.0 Å². The van der Waals surface area contributed by atoms with Crippen LogP contribution >= 0.6 is 0 Å². The Balaban J connectivity index is 1.69. The lowest BCUT2D eigenvalue weighted by Crippen LogP contribution is -2.05. The average Bonchev–Trinajstić information content (AvgIpc) is 3.25. The molecule has 0 radical (unpaired) electrons. The molecule has 0 spiro atoms. The molecule has 0 saturated carbocycles. The van der Waals surface area contributed by atoms with E-state index in [4.69, 9.17) is 0 Å². The molecule has 0 aliphatic rings. The maximum atomic E-state index is 13.6. The van der Waals surface area contributed by atoms with Gasteiger partial charge in [-0.25, -0.2) is 15.0 Å². The molecule has 196 valence electrons. The molecule has 8 heteroatoms. The van der Waals surface area contributed by atoms with Gasteiger partial charge in [0.25, 0.3) is 0 Å². The van der Waals surface area contributed by atoms with Crippen molar-refractivity contribution >= 4 is 21.8 Å². The van der Waals surface area contributed by atoms with Crippen molar-refractivity contribution in [2.45, 2.75) is 26.9 Å². The number of alkyl halides is 3. The Morgan fingerprint density at radius 1 is 0.725 bits per heavy atom. The lowest BCUT2D eigenvalue weighted by atomic mass is 9.99. The highest BCUT2D eigenvalue weighted by atomic mass is 19.4. The zero-order chi connectivity index (χ0) is 28.2. The number of aryl methyl sites for hydroxylation is 3. The number of hydrogen-bond donors (Lipinski definition) is 0. The van der Waals surface area contributed by atoms with E-state index in [1.165, 1.54) is 6.07 Å². The van der Waals surface area contributed by atoms with E-state index in [9.17, 15) is 18.4 Å². The summed E-state index contributed by atoms with van der Waals surface area (Å²) in [5, 5.41) is 11.7. The van der Waals surface area contributed by atoms with Crippen LogP contribution in [0.2, 0.25) is 0 Å². The van der Waals surface area contributed by atoms with Gasteiger partial charge in [-0.15, -0.1) is 0 Å². The van der Waals surface area contributed by atoms with E-state index >= 15 is 0 Å². The maximum absolute atomic E-state index is 13.6. The van der Waals surface area contributed by atoms with Gasteiger partial charge in [0.2, 0.25) is 0 Å². The second kappa shape index (κ2) is 9.31. The summed E-state index contributed by atoms with van der Waals surface area (Å²) in [7, 11) is 0. The predicted octanol–water partition coefficient (Wildman–Crippen LogP) is 8.12. The van der Waals surface area contributed by atoms with Crippen molar-refractivity contribution < 1.29 is 13.2 Å². The zero-order valence-corrected chi connectivity index (χ0v) is 21.9. The van der Waals surface area contributed by atoms with Gasteiger partial charge in [-0.2, -0.15) is 18.4 Å². The summed E-state index contributed by atoms with van der Waals surface area (Å²) in [6.07, 6.45) is -4.45. The minimum absolute atomic E-state index is 0.455. The highest BCUT2D eigenvalue weighted by Crippen LogP contribution is 2.39. The third-order valence-corrected chi connectivity index (χ3v) is 6.88. The maximum Gasteiger partial charge on any atom is 0.416 e. The summed E-state index contributed by atoms with van der Waals surface area (Å²) >= 11 is 0. The Bertz CT molecular complexity index is 1980. The number of benzene rings is 4. The van der Waals surface area contributed by atoms with Crippen molar-refractivity contribution in [2.24, 2.45) is 0 Å². The first-order valence-electron chi connectivity index (χ1n) is 12.6. The number of aromatic nitrogens is 4. The smallest absolute Gasteiger partial charge is 0.308 e. The van der Waals surface area contributed by atoms with Gasteiger partial charge >= 0.3 is 6.18 Å². The van der Waals surface area contributed by atoms with Crippen LogP contribution in [0.15, 0.2) is 78.9 Å². The van der Waals surface area contributed by atoms with Gasteiger partial charge in [0, 0.05) is 16.3 Å². The molecule has 0 N–H and O–H groups in total. The molecule has 0 saturated heterocycles. The molecule has 4 aromatic carbocycles. The van der Waals surface area contributed by atoms with E-state index in [1.54, 1.807) is 39.0 Å². The normalized spacial score (nSPS) is 11.7. The predicted molar refractivity (Wildman–Crippen MR) is 149 cm³/mol. The highest BCUT2D eigenvalue weighted by molar-refractivity contribution is 6.10. The summed E-state index contributed by atoms with van der Waals surface area (Å²) in [6, 6.07) is 25.2. The number of halogens is 3. The Kier molecular flexibility index (Phi) is 5.88. The first-order valence-corrected chi connectivity index (χ1v) is 12.6. The molecular formula is C32H22F3N5. The SMILES string of the molecule is Cc1cc(-c2ccc3c4ccccc4n(-c4cc(C#N)ccc4-c4nc(C)nc(C)n4)c3c2)cc(C(F)(F)F)c1. The first-order chi connectivity index (χ1) is 19.1. The van der Waals surface area contributed by atoms with Crippen LogP contribution in [-0.4, -0.2) is 19.5 Å². The summed E-state index contributed by atoms with van der Waals surface area (Å²) in [5.41, 5.74) is 4.47. The fraction of sp³-hybridized carbons (Fsp3) is 0.125. The van der Waals surface area contributed by atoms with Crippen LogP contribution < -0.4 is 0 Å². The van der Waals surface area contributed by atoms with Gasteiger partial charge in [0.15, 0.2) is 5.82 Å². The molecule has 40 heavy (non-hydrogen) atoms. The number of nitrogens with zero attached hydrogens (tertiary/aromatic N) is 5. The van der Waals surface area contributed by atoms with Crippen molar-refractivity contribution in [2.75, 3.05) is 0 Å². The molecule has 6 rings (SSSR count). The standard InChI is InChI=1S/C32H22F3N5/c1-18-12-23(15-24(13-18)32(33,34)35)22-9-11-26-25-6-4-5-7-28(25)40(30(26)16-22)29-14-21(17-36)8-10-27(29)31-38-19(2)37-20(3)39-31/h4-16H,1-3H3. The second-order valence-corrected chi connectivity index (χ2v) is 9.77. The van der Waals surface area contributed by atoms with Crippen LogP contribution in [0.25, 0.3) is 50.0 Å². The molecule has 0 aliphatic heterocycles. The largest absolute Gasteiger partial charge is 0.416 e. The highest BCUT2D eigenvalue weighted by Gasteiger charge is 2.31. The third-order valence-electron chi connectivity index (χ3n) is 6.88. The number of para-hydroxylation sites is 1. The van der Waals surface area contributed by atoms with Gasteiger partial charge in [0.1, 0.15) is 11.6 Å². The lowest BCUT2D eigenvalue weighted by Gasteiger charge is -2.15. The molecule has 5 nitrogen and oxygen atoms in total. The molecule has 0 fully saturated rings. The van der Waals surface area contributed by atoms with Crippen LogP contribution in [0.1, 0.15) is 28.3 Å². The minimum Gasteiger partial charge on any atom is -0.308 e. The van der Waals surface area contributed by atoms with Crippen molar-refractivity contribution in [1.82, 2.24) is 19.5 Å². The molecule has 0 atom stereocenters. The fourth-order valence-corrected chi connectivity index (χ4v) is 5.23. The summed E-state index contributed by atoms with van der Waals surface area (Å²) in [5.74, 6) is 1.62. The van der Waals surface area contributed by atoms with Crippen LogP contribution in [0, 0.1) is 32.1 Å². The van der Waals surface area contributed by atoms with Gasteiger partial charge in [-0.1, -0.05) is 36.4 Å². The van der Waals surface area contributed by atoms with Crippen LogP contribution in [0.5, 0.6) is 0 Å². The van der Waals surface area contributed by atoms with E-state index in [0.29, 0.717) is 51.0 Å². The van der Waals surface area contributed by atoms with Gasteiger partial charge in [-0.3, -0.25) is 0 Å². The molecule has 0 amide bonds. The van der Waals surface area contributed by atoms with Crippen molar-refractivity contribution in [3.05, 3.63) is 107 Å². The van der Waals surface area contributed by atoms with E-state index in [1.807, 2.05) is 53.1 Å². The molecule has 2 aromatic heterocycles. The molecular weight excluding hydrogens is 511 g/mol. The number of hydrogen-bond acceptors (Lipinski definition) is 4. The zero-order valence-electron chi connectivity index (χ0n) is 21.9. The number of fused-ring (bicyclic) bond motifs is 3. The molecule has 2 heterocycles. The Morgan fingerprint density at radius 3 is 2.17 bits per heavy atom. The fourth-order valence-electron chi connectivity index (χ4n) is 5.23. The molecule has 6 aromatic rings. The monoisotopic (exact) mass is 533 g/mol. The van der Waals surface area contributed by atoms with Crippen molar-refractivity contribution in [1.29, 1.82) is 5.26 Å². The van der Waals surface area contributed by atoms with E-state index < -0.39 is 11.7 Å². The van der Waals surface area contributed by atoms with Gasteiger partial charge in [0.05, 0.1) is 33.9 Å². The second-order valence-electron chi connectivity index (χ2n) is 9.77. The lowest BCUT2D eigenvalue weighted by molar-refractivity contribution is -0.137. The number of rotatable bonds is 3. The van der Waals surface area contributed by atoms with Crippen molar-refractivity contribution in [3.63, 3.8) is 0 Å². The van der Waals surface area contributed by atoms with E-state index in [0.717, 1.165) is 27.9 Å². The molecule has 0 bridgehead atoms. The van der Waals surface area contributed by atoms with E-state index in [-0.39, 0.29) is 0 Å². The third kappa shape index (κ3) is 4.35. The van der Waals surface area contributed by atoms with Gasteiger partial charge in [-0.05, 0) is 79.9 Å². The summed E-state index contributed by atoms with van der Waals surface area (Å²) < 4.78 is 42.9. The quantitative estimate of drug-likeness (QED) is 0.230. The number of nitriles is 1.